The van der Waals surface area contributed by atoms with Crippen molar-refractivity contribution in [1.29, 1.82) is 0 Å². The third-order valence-electron chi connectivity index (χ3n) is 1.39. The number of methoxy groups -OCH3 is 1. The van der Waals surface area contributed by atoms with E-state index in [-0.39, 0.29) is 12.4 Å². The standard InChI is InChI=1S/C6H10N4O3/c1-13-6(12)4(11)2-10-3-5(7)8-9-10/h3-4,11H,2,7H2,1H3. The van der Waals surface area contributed by atoms with Crippen molar-refractivity contribution in [3.8, 4) is 0 Å². The van der Waals surface area contributed by atoms with Gasteiger partial charge in [-0.3, -0.25) is 0 Å². The number of anilines is 1. The maximum absolute atomic E-state index is 10.8. The van der Waals surface area contributed by atoms with Crippen LogP contribution in [0.3, 0.4) is 0 Å². The Morgan fingerprint density at radius 2 is 2.62 bits per heavy atom. The molecular weight excluding hydrogens is 176 g/mol. The van der Waals surface area contributed by atoms with E-state index in [0.29, 0.717) is 0 Å². The number of nitrogen functional groups attached to an aromatic ring is 1. The highest BCUT2D eigenvalue weighted by atomic mass is 16.5. The lowest BCUT2D eigenvalue weighted by molar-refractivity contribution is -0.151. The van der Waals surface area contributed by atoms with Gasteiger partial charge in [0.2, 0.25) is 0 Å². The number of hydrogen-bond donors (Lipinski definition) is 2. The highest BCUT2D eigenvalue weighted by Gasteiger charge is 2.16. The monoisotopic (exact) mass is 186 g/mol. The van der Waals surface area contributed by atoms with Gasteiger partial charge in [0.25, 0.3) is 0 Å². The van der Waals surface area contributed by atoms with E-state index in [1.165, 1.54) is 18.0 Å². The molecule has 72 valence electrons. The first-order valence-electron chi connectivity index (χ1n) is 3.55. The molecular formula is C6H10N4O3. The van der Waals surface area contributed by atoms with Crippen LogP contribution in [0.15, 0.2) is 6.20 Å². The Balaban J connectivity index is 2.54. The zero-order chi connectivity index (χ0) is 9.84. The second-order valence-corrected chi connectivity index (χ2v) is 2.40. The van der Waals surface area contributed by atoms with Crippen molar-refractivity contribution in [1.82, 2.24) is 15.0 Å². The normalized spacial score (nSPS) is 12.5. The summed E-state index contributed by atoms with van der Waals surface area (Å²) in [4.78, 5) is 10.8. The van der Waals surface area contributed by atoms with Gasteiger partial charge in [0, 0.05) is 0 Å². The molecule has 3 N–H and O–H groups in total. The molecule has 0 fully saturated rings. The molecule has 0 aliphatic carbocycles. The zero-order valence-electron chi connectivity index (χ0n) is 7.04. The van der Waals surface area contributed by atoms with Gasteiger partial charge in [-0.25, -0.2) is 9.48 Å². The summed E-state index contributed by atoms with van der Waals surface area (Å²) in [5, 5.41) is 16.2. The lowest BCUT2D eigenvalue weighted by Gasteiger charge is -2.06. The van der Waals surface area contributed by atoms with E-state index in [1.54, 1.807) is 0 Å². The predicted molar refractivity (Wildman–Crippen MR) is 42.5 cm³/mol. The maximum Gasteiger partial charge on any atom is 0.336 e. The van der Waals surface area contributed by atoms with Crippen LogP contribution in [0.5, 0.6) is 0 Å². The van der Waals surface area contributed by atoms with Crippen LogP contribution >= 0.6 is 0 Å². The molecule has 0 spiro atoms. The Bertz CT molecular complexity index is 298. The fourth-order valence-corrected chi connectivity index (χ4v) is 0.790. The van der Waals surface area contributed by atoms with Gasteiger partial charge in [-0.05, 0) is 0 Å². The number of esters is 1. The molecule has 0 amide bonds. The summed E-state index contributed by atoms with van der Waals surface area (Å²) in [5.74, 6) is -0.480. The number of carbonyl (C=O) groups is 1. The molecule has 0 radical (unpaired) electrons. The molecule has 0 bridgehead atoms. The Labute approximate surface area is 74.1 Å². The predicted octanol–water partition coefficient (Wildman–Crippen LogP) is -1.61. The number of aliphatic hydroxyl groups is 1. The van der Waals surface area contributed by atoms with Crippen LogP contribution < -0.4 is 5.73 Å². The zero-order valence-corrected chi connectivity index (χ0v) is 7.04. The van der Waals surface area contributed by atoms with Gasteiger partial charge in [-0.2, -0.15) is 0 Å². The van der Waals surface area contributed by atoms with Crippen molar-refractivity contribution in [2.75, 3.05) is 12.8 Å². The molecule has 13 heavy (non-hydrogen) atoms. The molecule has 0 saturated heterocycles. The molecule has 7 heteroatoms. The van der Waals surface area contributed by atoms with Crippen LogP contribution in [0.1, 0.15) is 0 Å². The Morgan fingerprint density at radius 3 is 3.08 bits per heavy atom. The molecule has 1 aromatic heterocycles. The summed E-state index contributed by atoms with van der Waals surface area (Å²) in [6.07, 6.45) is 0.165. The SMILES string of the molecule is COC(=O)C(O)Cn1cc(N)nn1. The van der Waals surface area contributed by atoms with Gasteiger partial charge in [0.05, 0.1) is 19.9 Å². The van der Waals surface area contributed by atoms with Gasteiger partial charge >= 0.3 is 5.97 Å². The third kappa shape index (κ3) is 2.41. The summed E-state index contributed by atoms with van der Waals surface area (Å²) in [7, 11) is 1.20. The number of hydrogen-bond acceptors (Lipinski definition) is 6. The molecule has 1 atom stereocenters. The second kappa shape index (κ2) is 3.85. The third-order valence-corrected chi connectivity index (χ3v) is 1.39. The van der Waals surface area contributed by atoms with Gasteiger partial charge in [0.15, 0.2) is 11.9 Å². The fourth-order valence-electron chi connectivity index (χ4n) is 0.790. The Hall–Kier alpha value is -1.63. The number of aliphatic hydroxyl groups excluding tert-OH is 1. The first-order valence-corrected chi connectivity index (χ1v) is 3.55. The molecule has 0 aromatic carbocycles. The highest BCUT2D eigenvalue weighted by molar-refractivity contribution is 5.73. The van der Waals surface area contributed by atoms with Crippen LogP contribution in [0.4, 0.5) is 5.82 Å². The highest BCUT2D eigenvalue weighted by Crippen LogP contribution is 1.96. The van der Waals surface area contributed by atoms with E-state index >= 15 is 0 Å². The van der Waals surface area contributed by atoms with E-state index in [1.807, 2.05) is 0 Å². The van der Waals surface area contributed by atoms with E-state index in [9.17, 15) is 9.90 Å². The lowest BCUT2D eigenvalue weighted by Crippen LogP contribution is -2.27. The molecule has 0 aliphatic heterocycles. The minimum atomic E-state index is -1.24. The van der Waals surface area contributed by atoms with Gasteiger partial charge in [-0.1, -0.05) is 5.21 Å². The molecule has 1 rings (SSSR count). The summed E-state index contributed by atoms with van der Waals surface area (Å²) >= 11 is 0. The van der Waals surface area contributed by atoms with Crippen LogP contribution in [-0.2, 0) is 16.1 Å². The number of carbonyl (C=O) groups excluding carboxylic acids is 1. The van der Waals surface area contributed by atoms with Crippen molar-refractivity contribution in [2.45, 2.75) is 12.6 Å². The topological polar surface area (TPSA) is 103 Å². The van der Waals surface area contributed by atoms with Gasteiger partial charge in [-0.15, -0.1) is 5.10 Å². The van der Waals surface area contributed by atoms with Crippen LogP contribution in [0.25, 0.3) is 0 Å². The van der Waals surface area contributed by atoms with Crippen molar-refractivity contribution in [3.05, 3.63) is 6.20 Å². The van der Waals surface area contributed by atoms with Crippen LogP contribution in [-0.4, -0.2) is 39.3 Å². The molecule has 1 unspecified atom stereocenters. The first-order chi connectivity index (χ1) is 6.13. The quantitative estimate of drug-likeness (QED) is 0.551. The van der Waals surface area contributed by atoms with E-state index in [0.717, 1.165) is 0 Å². The minimum Gasteiger partial charge on any atom is -0.467 e. The van der Waals surface area contributed by atoms with Crippen molar-refractivity contribution < 1.29 is 14.6 Å². The Morgan fingerprint density at radius 1 is 1.92 bits per heavy atom. The van der Waals surface area contributed by atoms with E-state index < -0.39 is 12.1 Å². The summed E-state index contributed by atoms with van der Waals surface area (Å²) in [5.41, 5.74) is 5.27. The average Bonchev–Trinajstić information content (AvgIpc) is 2.49. The van der Waals surface area contributed by atoms with Gasteiger partial charge < -0.3 is 15.6 Å². The summed E-state index contributed by atoms with van der Waals surface area (Å²) in [6, 6.07) is 0. The number of ether oxygens (including phenoxy) is 1. The van der Waals surface area contributed by atoms with Crippen LogP contribution in [0.2, 0.25) is 0 Å². The number of nitrogens with zero attached hydrogens (tertiary/aromatic N) is 3. The number of rotatable bonds is 3. The largest absolute Gasteiger partial charge is 0.467 e. The van der Waals surface area contributed by atoms with E-state index in [2.05, 4.69) is 15.0 Å². The molecule has 1 heterocycles. The average molecular weight is 186 g/mol. The molecule has 0 aliphatic rings. The maximum atomic E-state index is 10.8. The van der Waals surface area contributed by atoms with Crippen molar-refractivity contribution in [3.63, 3.8) is 0 Å². The van der Waals surface area contributed by atoms with Crippen LogP contribution in [0, 0.1) is 0 Å². The Kier molecular flexibility index (Phi) is 2.80. The summed E-state index contributed by atoms with van der Waals surface area (Å²) in [6.45, 7) is -0.0170. The lowest BCUT2D eigenvalue weighted by atomic mass is 10.3. The number of nitrogens with two attached hydrogens (primary N) is 1. The van der Waals surface area contributed by atoms with E-state index in [4.69, 9.17) is 5.73 Å². The fraction of sp³-hybridized carbons (Fsp3) is 0.500. The molecule has 1 aromatic rings. The minimum absolute atomic E-state index is 0.0170. The first kappa shape index (κ1) is 9.46. The summed E-state index contributed by atoms with van der Waals surface area (Å²) < 4.78 is 5.57. The smallest absolute Gasteiger partial charge is 0.336 e. The van der Waals surface area contributed by atoms with Gasteiger partial charge in [0.1, 0.15) is 0 Å². The van der Waals surface area contributed by atoms with Crippen molar-refractivity contribution in [2.24, 2.45) is 0 Å². The van der Waals surface area contributed by atoms with Crippen molar-refractivity contribution >= 4 is 11.8 Å². The molecule has 7 nitrogen and oxygen atoms in total. The number of aromatic nitrogens is 3. The molecule has 0 saturated carbocycles. The second-order valence-electron chi connectivity index (χ2n) is 2.40.